The summed E-state index contributed by atoms with van der Waals surface area (Å²) in [4.78, 5) is 33.8. The van der Waals surface area contributed by atoms with Gasteiger partial charge >= 0.3 is 13.8 Å². The second kappa shape index (κ2) is 39.4. The third kappa shape index (κ3) is 40.7. The normalized spacial score (nSPS) is 14.0. The first-order valence-corrected chi connectivity index (χ1v) is 22.3. The van der Waals surface area contributed by atoms with Gasteiger partial charge in [0.05, 0.1) is 13.2 Å². The van der Waals surface area contributed by atoms with E-state index < -0.39 is 26.5 Å². The van der Waals surface area contributed by atoms with Crippen molar-refractivity contribution in [2.45, 2.75) is 174 Å². The van der Waals surface area contributed by atoms with Gasteiger partial charge < -0.3 is 20.1 Å². The Balaban J connectivity index is 3.69. The van der Waals surface area contributed by atoms with Crippen molar-refractivity contribution in [2.75, 3.05) is 26.4 Å². The molecule has 9 nitrogen and oxygen atoms in total. The van der Waals surface area contributed by atoms with Gasteiger partial charge in [0.1, 0.15) is 12.7 Å². The van der Waals surface area contributed by atoms with Crippen LogP contribution in [0.1, 0.15) is 168 Å². The van der Waals surface area contributed by atoms with Crippen LogP contribution in [-0.2, 0) is 27.9 Å². The highest BCUT2D eigenvalue weighted by molar-refractivity contribution is 7.47. The summed E-state index contributed by atoms with van der Waals surface area (Å²) in [6.45, 7) is 3.44. The molecule has 0 saturated heterocycles. The maximum Gasteiger partial charge on any atom is 0.472 e. The number of hydrogen-bond acceptors (Lipinski definition) is 7. The predicted octanol–water partition coefficient (Wildman–Crippen LogP) is 11.3. The monoisotopic (exact) mass is 766 g/mol. The molecule has 3 N–H and O–H groups in total. The molecule has 0 saturated carbocycles. The fourth-order valence-corrected chi connectivity index (χ4v) is 6.00. The summed E-state index contributed by atoms with van der Waals surface area (Å²) in [7, 11) is -4.43. The zero-order valence-electron chi connectivity index (χ0n) is 33.4. The van der Waals surface area contributed by atoms with Gasteiger partial charge in [0.15, 0.2) is 0 Å². The van der Waals surface area contributed by atoms with Gasteiger partial charge in [-0.2, -0.15) is 0 Å². The molecule has 2 atom stereocenters. The third-order valence-corrected chi connectivity index (χ3v) is 9.40. The van der Waals surface area contributed by atoms with Crippen molar-refractivity contribution in [3.63, 3.8) is 0 Å². The van der Waals surface area contributed by atoms with Gasteiger partial charge in [-0.3, -0.25) is 18.6 Å². The topological polar surface area (TPSA) is 131 Å². The van der Waals surface area contributed by atoms with Crippen molar-refractivity contribution in [3.8, 4) is 0 Å². The quantitative estimate of drug-likeness (QED) is 0.0245. The Morgan fingerprint density at radius 1 is 0.585 bits per heavy atom. The Bertz CT molecular complexity index is 1050. The average Bonchev–Trinajstić information content (AvgIpc) is 3.14. The highest BCUT2D eigenvalue weighted by Crippen LogP contribution is 2.42. The van der Waals surface area contributed by atoms with E-state index in [9.17, 15) is 24.2 Å². The smallest absolute Gasteiger partial charge is 0.463 e. The van der Waals surface area contributed by atoms with E-state index >= 15 is 0 Å². The van der Waals surface area contributed by atoms with E-state index in [0.717, 1.165) is 83.5 Å². The van der Waals surface area contributed by atoms with Gasteiger partial charge in [-0.05, 0) is 83.5 Å². The van der Waals surface area contributed by atoms with Gasteiger partial charge in [0.25, 0.3) is 0 Å². The van der Waals surface area contributed by atoms with Crippen molar-refractivity contribution in [3.05, 3.63) is 60.8 Å². The summed E-state index contributed by atoms with van der Waals surface area (Å²) < 4.78 is 26.8. The highest BCUT2D eigenvalue weighted by Gasteiger charge is 2.23. The number of esters is 1. The molecule has 0 fully saturated rings. The van der Waals surface area contributed by atoms with Gasteiger partial charge in [0.2, 0.25) is 5.91 Å². The van der Waals surface area contributed by atoms with Gasteiger partial charge in [-0.1, -0.05) is 132 Å². The largest absolute Gasteiger partial charge is 0.472 e. The number of hydrogen-bond donors (Lipinski definition) is 3. The number of aliphatic hydroxyl groups excluding tert-OH is 1. The van der Waals surface area contributed by atoms with Crippen LogP contribution >= 0.6 is 7.82 Å². The summed E-state index contributed by atoms with van der Waals surface area (Å²) >= 11 is 0. The molecule has 0 aliphatic carbocycles. The summed E-state index contributed by atoms with van der Waals surface area (Å²) in [5.41, 5.74) is 0. The van der Waals surface area contributed by atoms with Crippen LogP contribution in [0.3, 0.4) is 0 Å². The van der Waals surface area contributed by atoms with Crippen LogP contribution in [-0.4, -0.2) is 54.3 Å². The molecule has 0 spiro atoms. The number of aliphatic hydroxyl groups is 1. The van der Waals surface area contributed by atoms with E-state index in [2.05, 4.69) is 79.9 Å². The first kappa shape index (κ1) is 50.7. The summed E-state index contributed by atoms with van der Waals surface area (Å²) in [5.74, 6) is -0.561. The minimum atomic E-state index is -4.43. The maximum atomic E-state index is 12.1. The van der Waals surface area contributed by atoms with Gasteiger partial charge in [-0.25, -0.2) is 4.57 Å². The molecule has 0 rings (SSSR count). The van der Waals surface area contributed by atoms with E-state index in [0.29, 0.717) is 6.42 Å². The number of ether oxygens (including phenoxy) is 1. The van der Waals surface area contributed by atoms with Crippen molar-refractivity contribution >= 4 is 19.7 Å². The lowest BCUT2D eigenvalue weighted by molar-refractivity contribution is -0.147. The highest BCUT2D eigenvalue weighted by atomic mass is 31.2. The maximum absolute atomic E-state index is 12.1. The van der Waals surface area contributed by atoms with Crippen molar-refractivity contribution < 1.29 is 37.9 Å². The fraction of sp³-hybridized carbons (Fsp3) is 0.721. The number of carbonyl (C=O) groups is 2. The molecular formula is C43H76NO8P. The number of unbranched alkanes of at least 4 members (excludes halogenated alkanes) is 15. The van der Waals surface area contributed by atoms with E-state index in [-0.39, 0.29) is 32.1 Å². The second-order valence-corrected chi connectivity index (χ2v) is 15.1. The van der Waals surface area contributed by atoms with Gasteiger partial charge in [0, 0.05) is 19.4 Å². The molecule has 0 aliphatic heterocycles. The van der Waals surface area contributed by atoms with E-state index in [1.54, 1.807) is 0 Å². The number of rotatable bonds is 38. The predicted molar refractivity (Wildman–Crippen MR) is 220 cm³/mol. The van der Waals surface area contributed by atoms with E-state index in [4.69, 9.17) is 13.8 Å². The summed E-state index contributed by atoms with van der Waals surface area (Å²) in [5, 5.41) is 12.6. The number of phosphoric ester groups is 1. The number of carbonyl (C=O) groups excluding carboxylic acids is 2. The molecule has 0 bridgehead atoms. The van der Waals surface area contributed by atoms with E-state index in [1.165, 1.54) is 57.8 Å². The zero-order valence-corrected chi connectivity index (χ0v) is 34.3. The molecule has 0 aliphatic rings. The number of nitrogens with one attached hydrogen (secondary N) is 1. The lowest BCUT2D eigenvalue weighted by Crippen LogP contribution is -2.27. The second-order valence-electron chi connectivity index (χ2n) is 13.6. The summed E-state index contributed by atoms with van der Waals surface area (Å²) in [6.07, 6.45) is 45.8. The van der Waals surface area contributed by atoms with Crippen molar-refractivity contribution in [1.29, 1.82) is 0 Å². The number of amides is 1. The van der Waals surface area contributed by atoms with Crippen LogP contribution in [0.5, 0.6) is 0 Å². The Morgan fingerprint density at radius 2 is 1.02 bits per heavy atom. The molecule has 0 heterocycles. The van der Waals surface area contributed by atoms with Crippen molar-refractivity contribution in [1.82, 2.24) is 5.32 Å². The number of phosphoric acid groups is 1. The molecular weight excluding hydrogens is 689 g/mol. The fourth-order valence-electron chi connectivity index (χ4n) is 5.24. The molecule has 10 heteroatoms. The zero-order chi connectivity index (χ0) is 38.9. The van der Waals surface area contributed by atoms with Gasteiger partial charge in [-0.15, -0.1) is 0 Å². The minimum absolute atomic E-state index is 0.0609. The van der Waals surface area contributed by atoms with Crippen LogP contribution in [0.25, 0.3) is 0 Å². The third-order valence-electron chi connectivity index (χ3n) is 8.42. The average molecular weight is 766 g/mol. The Morgan fingerprint density at radius 3 is 1.60 bits per heavy atom. The molecule has 0 radical (unpaired) electrons. The lowest BCUT2D eigenvalue weighted by Gasteiger charge is -2.15. The lowest BCUT2D eigenvalue weighted by atomic mass is 10.1. The molecule has 1 amide bonds. The molecule has 306 valence electrons. The summed E-state index contributed by atoms with van der Waals surface area (Å²) in [6, 6.07) is 0. The SMILES string of the molecule is CCCCC/C=C\C/C=C\C/C=C\C/C=C\CCCCCC(=O)NCCOP(=O)(O)OCC(O)COC(=O)CCCCCCC/C=C\CCCCCC. The molecule has 2 unspecified atom stereocenters. The minimum Gasteiger partial charge on any atom is -0.463 e. The molecule has 0 aromatic heterocycles. The first-order chi connectivity index (χ1) is 25.8. The van der Waals surface area contributed by atoms with Crippen LogP contribution in [0, 0.1) is 0 Å². The van der Waals surface area contributed by atoms with Crippen LogP contribution in [0.15, 0.2) is 60.8 Å². The first-order valence-electron chi connectivity index (χ1n) is 20.8. The standard InChI is InChI=1S/C43H76NO8P/c1-3-5-7-9-11-13-15-17-18-19-20-21-22-24-25-27-29-31-33-35-42(46)44-37-38-51-53(48,49)52-40-41(45)39-50-43(47)36-34-32-30-28-26-23-16-14-12-10-8-6-4-2/h11,13-14,16-18,20-21,24-25,41,45H,3-10,12,15,19,22-23,26-40H2,1-2H3,(H,44,46)(H,48,49)/b13-11-,16-14-,18-17-,21-20-,25-24-. The van der Waals surface area contributed by atoms with Crippen LogP contribution in [0.4, 0.5) is 0 Å². The Hall–Kier alpha value is -2.29. The molecule has 0 aromatic carbocycles. The van der Waals surface area contributed by atoms with Crippen LogP contribution in [0.2, 0.25) is 0 Å². The van der Waals surface area contributed by atoms with E-state index in [1.807, 2.05) is 0 Å². The Kier molecular flexibility index (Phi) is 37.7. The Labute approximate surface area is 323 Å². The molecule has 53 heavy (non-hydrogen) atoms. The molecule has 0 aromatic rings. The number of allylic oxidation sites excluding steroid dienone is 10. The van der Waals surface area contributed by atoms with Crippen molar-refractivity contribution in [2.24, 2.45) is 0 Å². The van der Waals surface area contributed by atoms with Crippen LogP contribution < -0.4 is 5.32 Å².